The molecule has 2 aliphatic rings. The Morgan fingerprint density at radius 2 is 2.00 bits per heavy atom. The molecule has 140 valence electrons. The van der Waals surface area contributed by atoms with Crippen molar-refractivity contribution >= 4 is 17.9 Å². The number of hydrogen-bond donors (Lipinski definition) is 1. The summed E-state index contributed by atoms with van der Waals surface area (Å²) in [5, 5.41) is 4.71. The van der Waals surface area contributed by atoms with E-state index in [0.717, 1.165) is 24.8 Å². The normalized spacial score (nSPS) is 30.4. The number of nitrogens with one attached hydrogen (secondary N) is 1. The Bertz CT molecular complexity index is 434. The molecule has 24 heavy (non-hydrogen) atoms. The fourth-order valence-corrected chi connectivity index (χ4v) is 5.15. The van der Waals surface area contributed by atoms with E-state index in [1.807, 2.05) is 25.7 Å². The lowest BCUT2D eigenvalue weighted by atomic mass is 9.78. The zero-order valence-electron chi connectivity index (χ0n) is 16.4. The Morgan fingerprint density at radius 3 is 2.58 bits per heavy atom. The van der Waals surface area contributed by atoms with Gasteiger partial charge in [-0.25, -0.2) is 4.79 Å². The minimum Gasteiger partial charge on any atom is -0.444 e. The lowest BCUT2D eigenvalue weighted by Gasteiger charge is -2.46. The highest BCUT2D eigenvalue weighted by Gasteiger charge is 2.41. The summed E-state index contributed by atoms with van der Waals surface area (Å²) in [5.41, 5.74) is -0.357. The van der Waals surface area contributed by atoms with Crippen molar-refractivity contribution in [2.24, 2.45) is 5.41 Å². The molecule has 1 amide bonds. The van der Waals surface area contributed by atoms with Gasteiger partial charge in [-0.3, -0.25) is 0 Å². The molecule has 1 saturated carbocycles. The van der Waals surface area contributed by atoms with E-state index in [2.05, 4.69) is 37.8 Å². The van der Waals surface area contributed by atoms with Gasteiger partial charge in [0.2, 0.25) is 0 Å². The highest BCUT2D eigenvalue weighted by molar-refractivity contribution is 7.99. The first-order valence-electron chi connectivity index (χ1n) is 9.48. The molecular formula is C19H36N2O2S. The lowest BCUT2D eigenvalue weighted by Crippen LogP contribution is -2.58. The van der Waals surface area contributed by atoms with Crippen LogP contribution in [-0.4, -0.2) is 52.8 Å². The Hall–Kier alpha value is -0.420. The van der Waals surface area contributed by atoms with Gasteiger partial charge < -0.3 is 15.0 Å². The fraction of sp³-hybridized carbons (Fsp3) is 0.947. The summed E-state index contributed by atoms with van der Waals surface area (Å²) in [6.07, 6.45) is 4.81. The number of thioether (sulfide) groups is 1. The molecule has 3 unspecified atom stereocenters. The molecule has 1 heterocycles. The first-order valence-corrected chi connectivity index (χ1v) is 10.5. The number of amides is 1. The van der Waals surface area contributed by atoms with Crippen molar-refractivity contribution in [1.82, 2.24) is 10.2 Å². The first-order chi connectivity index (χ1) is 11.1. The maximum Gasteiger partial charge on any atom is 0.410 e. The third-order valence-electron chi connectivity index (χ3n) is 5.13. The zero-order chi connectivity index (χ0) is 18.0. The van der Waals surface area contributed by atoms with Crippen LogP contribution in [0.4, 0.5) is 4.79 Å². The van der Waals surface area contributed by atoms with Gasteiger partial charge in [-0.2, -0.15) is 11.8 Å². The fourth-order valence-electron chi connectivity index (χ4n) is 3.94. The number of carbonyl (C=O) groups is 1. The van der Waals surface area contributed by atoms with E-state index in [1.165, 1.54) is 25.0 Å². The van der Waals surface area contributed by atoms with Crippen molar-refractivity contribution in [3.8, 4) is 0 Å². The topological polar surface area (TPSA) is 41.6 Å². The van der Waals surface area contributed by atoms with E-state index in [0.29, 0.717) is 12.1 Å². The maximum absolute atomic E-state index is 12.4. The van der Waals surface area contributed by atoms with Crippen LogP contribution < -0.4 is 5.32 Å². The second-order valence-corrected chi connectivity index (χ2v) is 10.4. The van der Waals surface area contributed by atoms with E-state index in [9.17, 15) is 4.79 Å². The van der Waals surface area contributed by atoms with Gasteiger partial charge in [-0.1, -0.05) is 27.2 Å². The van der Waals surface area contributed by atoms with Crippen LogP contribution in [0.25, 0.3) is 0 Å². The number of hydrogen-bond acceptors (Lipinski definition) is 4. The summed E-state index contributed by atoms with van der Waals surface area (Å²) in [5.74, 6) is 1.20. The third kappa shape index (κ3) is 5.29. The average molecular weight is 357 g/mol. The summed E-state index contributed by atoms with van der Waals surface area (Å²) >= 11 is 2.10. The van der Waals surface area contributed by atoms with E-state index in [4.69, 9.17) is 4.74 Å². The quantitative estimate of drug-likeness (QED) is 0.816. The summed E-state index contributed by atoms with van der Waals surface area (Å²) in [4.78, 5) is 14.3. The standard InChI is InChI=1S/C19H36N2O2S/c1-7-24-15-10-8-9-14(15)20-16-11-12-21(13-19(16,5)6)17(22)23-18(2,3)4/h14-16,20H,7-13H2,1-6H3. The Kier molecular flexibility index (Phi) is 6.52. The molecule has 1 aliphatic heterocycles. The molecule has 0 aromatic rings. The number of nitrogens with zero attached hydrogens (tertiary/aromatic N) is 1. The van der Waals surface area contributed by atoms with E-state index in [-0.39, 0.29) is 11.5 Å². The van der Waals surface area contributed by atoms with Crippen LogP contribution in [-0.2, 0) is 4.74 Å². The molecular weight excluding hydrogens is 320 g/mol. The number of piperidine rings is 1. The highest BCUT2D eigenvalue weighted by Crippen LogP contribution is 2.35. The third-order valence-corrected chi connectivity index (χ3v) is 6.46. The van der Waals surface area contributed by atoms with Crippen LogP contribution >= 0.6 is 11.8 Å². The summed E-state index contributed by atoms with van der Waals surface area (Å²) in [6, 6.07) is 1.10. The van der Waals surface area contributed by atoms with Crippen molar-refractivity contribution < 1.29 is 9.53 Å². The predicted octanol–water partition coefficient (Wildman–Crippen LogP) is 4.29. The van der Waals surface area contributed by atoms with Crippen molar-refractivity contribution in [2.45, 2.75) is 90.2 Å². The van der Waals surface area contributed by atoms with Gasteiger partial charge in [0.1, 0.15) is 5.60 Å². The van der Waals surface area contributed by atoms with Crippen LogP contribution in [0.5, 0.6) is 0 Å². The van der Waals surface area contributed by atoms with Crippen LogP contribution in [0.1, 0.15) is 67.2 Å². The van der Waals surface area contributed by atoms with Crippen LogP contribution in [0.3, 0.4) is 0 Å². The second kappa shape index (κ2) is 7.86. The second-order valence-electron chi connectivity index (χ2n) is 8.93. The molecule has 0 bridgehead atoms. The SMILES string of the molecule is CCSC1CCCC1NC1CCN(C(=O)OC(C)(C)C)CC1(C)C. The molecule has 0 spiro atoms. The minimum absolute atomic E-state index is 0.0686. The van der Waals surface area contributed by atoms with Gasteiger partial charge in [-0.15, -0.1) is 0 Å². The van der Waals surface area contributed by atoms with Gasteiger partial charge in [0.05, 0.1) is 0 Å². The minimum atomic E-state index is -0.426. The van der Waals surface area contributed by atoms with Crippen molar-refractivity contribution in [2.75, 3.05) is 18.8 Å². The molecule has 1 aliphatic carbocycles. The molecule has 5 heteroatoms. The van der Waals surface area contributed by atoms with Crippen LogP contribution in [0.2, 0.25) is 0 Å². The van der Waals surface area contributed by atoms with Crippen LogP contribution in [0.15, 0.2) is 0 Å². The molecule has 2 fully saturated rings. The number of likely N-dealkylation sites (tertiary alicyclic amines) is 1. The lowest BCUT2D eigenvalue weighted by molar-refractivity contribution is 0.00128. The number of ether oxygens (including phenoxy) is 1. The smallest absolute Gasteiger partial charge is 0.410 e. The molecule has 3 atom stereocenters. The molecule has 0 aromatic heterocycles. The molecule has 0 aromatic carbocycles. The summed E-state index contributed by atoms with van der Waals surface area (Å²) in [6.45, 7) is 14.1. The van der Waals surface area contributed by atoms with Gasteiger partial charge in [-0.05, 0) is 51.2 Å². The van der Waals surface area contributed by atoms with E-state index >= 15 is 0 Å². The number of rotatable bonds is 4. The first kappa shape index (κ1) is 19.9. The summed E-state index contributed by atoms with van der Waals surface area (Å²) < 4.78 is 5.55. The van der Waals surface area contributed by atoms with Gasteiger partial charge >= 0.3 is 6.09 Å². The summed E-state index contributed by atoms with van der Waals surface area (Å²) in [7, 11) is 0. The Balaban J connectivity index is 1.92. The van der Waals surface area contributed by atoms with Crippen molar-refractivity contribution in [3.63, 3.8) is 0 Å². The predicted molar refractivity (Wildman–Crippen MR) is 103 cm³/mol. The van der Waals surface area contributed by atoms with E-state index < -0.39 is 5.60 Å². The van der Waals surface area contributed by atoms with Crippen molar-refractivity contribution in [3.05, 3.63) is 0 Å². The largest absolute Gasteiger partial charge is 0.444 e. The Morgan fingerprint density at radius 1 is 1.29 bits per heavy atom. The Labute approximate surface area is 152 Å². The molecule has 1 N–H and O–H groups in total. The monoisotopic (exact) mass is 356 g/mol. The zero-order valence-corrected chi connectivity index (χ0v) is 17.2. The molecule has 2 rings (SSSR count). The molecule has 0 radical (unpaired) electrons. The van der Waals surface area contributed by atoms with E-state index in [1.54, 1.807) is 0 Å². The van der Waals surface area contributed by atoms with Gasteiger partial charge in [0, 0.05) is 30.4 Å². The number of carbonyl (C=O) groups excluding carboxylic acids is 1. The van der Waals surface area contributed by atoms with Gasteiger partial charge in [0.15, 0.2) is 0 Å². The van der Waals surface area contributed by atoms with Crippen molar-refractivity contribution in [1.29, 1.82) is 0 Å². The molecule has 1 saturated heterocycles. The average Bonchev–Trinajstić information content (AvgIpc) is 2.86. The van der Waals surface area contributed by atoms with Gasteiger partial charge in [0.25, 0.3) is 0 Å². The maximum atomic E-state index is 12.4. The highest BCUT2D eigenvalue weighted by atomic mass is 32.2. The van der Waals surface area contributed by atoms with Crippen LogP contribution in [0, 0.1) is 5.41 Å². The molecule has 4 nitrogen and oxygen atoms in total.